The molecular formula is C12H24O2. The van der Waals surface area contributed by atoms with E-state index in [2.05, 4.69) is 13.8 Å². The maximum atomic E-state index is 9.77. The number of rotatable bonds is 6. The molecule has 1 heterocycles. The van der Waals surface area contributed by atoms with Crippen molar-refractivity contribution in [2.75, 3.05) is 13.2 Å². The Morgan fingerprint density at radius 2 is 2.14 bits per heavy atom. The van der Waals surface area contributed by atoms with Crippen molar-refractivity contribution in [3.05, 3.63) is 0 Å². The van der Waals surface area contributed by atoms with Crippen LogP contribution in [0.1, 0.15) is 46.0 Å². The second-order valence-corrected chi connectivity index (χ2v) is 4.94. The summed E-state index contributed by atoms with van der Waals surface area (Å²) >= 11 is 0. The van der Waals surface area contributed by atoms with Gasteiger partial charge in [0.1, 0.15) is 0 Å². The predicted octanol–water partition coefficient (Wildman–Crippen LogP) is 2.60. The van der Waals surface area contributed by atoms with E-state index in [0.717, 1.165) is 44.8 Å². The number of aliphatic hydroxyl groups excluding tert-OH is 1. The summed E-state index contributed by atoms with van der Waals surface area (Å²) in [6.45, 7) is 6.22. The molecule has 1 fully saturated rings. The van der Waals surface area contributed by atoms with Crippen LogP contribution in [0.15, 0.2) is 0 Å². The number of hydrogen-bond donors (Lipinski definition) is 1. The van der Waals surface area contributed by atoms with E-state index in [0.29, 0.717) is 5.92 Å². The Hall–Kier alpha value is -0.0800. The molecule has 0 aromatic heterocycles. The zero-order valence-electron chi connectivity index (χ0n) is 9.54. The van der Waals surface area contributed by atoms with E-state index >= 15 is 0 Å². The van der Waals surface area contributed by atoms with Crippen molar-refractivity contribution in [1.29, 1.82) is 0 Å². The third-order valence-corrected chi connectivity index (χ3v) is 2.95. The van der Waals surface area contributed by atoms with Gasteiger partial charge in [0.2, 0.25) is 0 Å². The minimum Gasteiger partial charge on any atom is -0.393 e. The zero-order chi connectivity index (χ0) is 10.4. The molecule has 0 aliphatic carbocycles. The molecule has 2 nitrogen and oxygen atoms in total. The molecule has 0 radical (unpaired) electrons. The first-order chi connectivity index (χ1) is 6.68. The molecule has 2 atom stereocenters. The topological polar surface area (TPSA) is 29.5 Å². The monoisotopic (exact) mass is 200 g/mol. The summed E-state index contributed by atoms with van der Waals surface area (Å²) in [6.07, 6.45) is 5.35. The number of ether oxygens (including phenoxy) is 1. The average molecular weight is 200 g/mol. The van der Waals surface area contributed by atoms with Crippen LogP contribution in [0.4, 0.5) is 0 Å². The normalized spacial score (nSPS) is 24.4. The van der Waals surface area contributed by atoms with Gasteiger partial charge in [-0.25, -0.2) is 0 Å². The summed E-state index contributed by atoms with van der Waals surface area (Å²) < 4.78 is 5.29. The first-order valence-electron chi connectivity index (χ1n) is 5.94. The van der Waals surface area contributed by atoms with E-state index in [-0.39, 0.29) is 6.10 Å². The molecule has 2 heteroatoms. The summed E-state index contributed by atoms with van der Waals surface area (Å²) in [5.41, 5.74) is 0. The SMILES string of the molecule is CC(C)CCCC(O)CC1CCOC1. The van der Waals surface area contributed by atoms with Crippen molar-refractivity contribution in [2.45, 2.75) is 52.1 Å². The molecule has 1 saturated heterocycles. The zero-order valence-corrected chi connectivity index (χ0v) is 9.54. The Labute approximate surface area is 87.7 Å². The van der Waals surface area contributed by atoms with Crippen LogP contribution >= 0.6 is 0 Å². The minimum absolute atomic E-state index is 0.0968. The first kappa shape index (κ1) is 12.0. The van der Waals surface area contributed by atoms with Gasteiger partial charge in [0, 0.05) is 13.2 Å². The van der Waals surface area contributed by atoms with E-state index in [1.807, 2.05) is 0 Å². The average Bonchev–Trinajstić information content (AvgIpc) is 2.56. The Morgan fingerprint density at radius 1 is 1.36 bits per heavy atom. The highest BCUT2D eigenvalue weighted by molar-refractivity contribution is 4.69. The van der Waals surface area contributed by atoms with Crippen LogP contribution in [0.25, 0.3) is 0 Å². The molecule has 1 N–H and O–H groups in total. The number of hydrogen-bond acceptors (Lipinski definition) is 2. The predicted molar refractivity (Wildman–Crippen MR) is 58.2 cm³/mol. The van der Waals surface area contributed by atoms with E-state index in [1.54, 1.807) is 0 Å². The number of aliphatic hydroxyl groups is 1. The van der Waals surface area contributed by atoms with E-state index in [1.165, 1.54) is 6.42 Å². The van der Waals surface area contributed by atoms with Gasteiger partial charge < -0.3 is 9.84 Å². The Morgan fingerprint density at radius 3 is 2.71 bits per heavy atom. The smallest absolute Gasteiger partial charge is 0.0543 e. The molecule has 0 aromatic rings. The van der Waals surface area contributed by atoms with Crippen LogP contribution in [-0.2, 0) is 4.74 Å². The molecule has 1 rings (SSSR count). The van der Waals surface area contributed by atoms with Gasteiger partial charge in [-0.05, 0) is 31.1 Å². The van der Waals surface area contributed by atoms with Crippen LogP contribution in [0.5, 0.6) is 0 Å². The van der Waals surface area contributed by atoms with Gasteiger partial charge in [0.15, 0.2) is 0 Å². The van der Waals surface area contributed by atoms with Crippen molar-refractivity contribution in [2.24, 2.45) is 11.8 Å². The van der Waals surface area contributed by atoms with Crippen molar-refractivity contribution >= 4 is 0 Å². The summed E-state index contributed by atoms with van der Waals surface area (Å²) in [4.78, 5) is 0. The molecule has 84 valence electrons. The summed E-state index contributed by atoms with van der Waals surface area (Å²) in [5, 5.41) is 9.77. The molecular weight excluding hydrogens is 176 g/mol. The van der Waals surface area contributed by atoms with E-state index < -0.39 is 0 Å². The van der Waals surface area contributed by atoms with Gasteiger partial charge >= 0.3 is 0 Å². The van der Waals surface area contributed by atoms with Gasteiger partial charge in [-0.2, -0.15) is 0 Å². The second-order valence-electron chi connectivity index (χ2n) is 4.94. The summed E-state index contributed by atoms with van der Waals surface area (Å²) in [5.74, 6) is 1.38. The molecule has 0 amide bonds. The summed E-state index contributed by atoms with van der Waals surface area (Å²) in [7, 11) is 0. The molecule has 14 heavy (non-hydrogen) atoms. The fourth-order valence-corrected chi connectivity index (χ4v) is 2.03. The van der Waals surface area contributed by atoms with Gasteiger partial charge in [0.25, 0.3) is 0 Å². The van der Waals surface area contributed by atoms with Gasteiger partial charge in [-0.3, -0.25) is 0 Å². The largest absolute Gasteiger partial charge is 0.393 e. The molecule has 0 bridgehead atoms. The maximum Gasteiger partial charge on any atom is 0.0543 e. The van der Waals surface area contributed by atoms with E-state index in [9.17, 15) is 5.11 Å². The lowest BCUT2D eigenvalue weighted by Gasteiger charge is -2.14. The van der Waals surface area contributed by atoms with Crippen molar-refractivity contribution in [3.8, 4) is 0 Å². The second kappa shape index (κ2) is 6.41. The van der Waals surface area contributed by atoms with Gasteiger partial charge in [-0.15, -0.1) is 0 Å². The fourth-order valence-electron chi connectivity index (χ4n) is 2.03. The van der Waals surface area contributed by atoms with Crippen LogP contribution in [0.3, 0.4) is 0 Å². The highest BCUT2D eigenvalue weighted by Gasteiger charge is 2.19. The molecule has 0 aromatic carbocycles. The van der Waals surface area contributed by atoms with E-state index in [4.69, 9.17) is 4.74 Å². The third kappa shape index (κ3) is 4.97. The Kier molecular flexibility index (Phi) is 5.49. The molecule has 1 aliphatic heterocycles. The third-order valence-electron chi connectivity index (χ3n) is 2.95. The van der Waals surface area contributed by atoms with Gasteiger partial charge in [0.05, 0.1) is 6.10 Å². The lowest BCUT2D eigenvalue weighted by molar-refractivity contribution is 0.118. The summed E-state index contributed by atoms with van der Waals surface area (Å²) in [6, 6.07) is 0. The molecule has 2 unspecified atom stereocenters. The van der Waals surface area contributed by atoms with Crippen molar-refractivity contribution in [1.82, 2.24) is 0 Å². The van der Waals surface area contributed by atoms with Crippen LogP contribution in [0.2, 0.25) is 0 Å². The molecule has 0 saturated carbocycles. The molecule has 0 spiro atoms. The fraction of sp³-hybridized carbons (Fsp3) is 1.00. The minimum atomic E-state index is -0.0968. The van der Waals surface area contributed by atoms with Gasteiger partial charge in [-0.1, -0.05) is 26.7 Å². The standard InChI is InChI=1S/C12H24O2/c1-10(2)4-3-5-12(13)8-11-6-7-14-9-11/h10-13H,3-9H2,1-2H3. The highest BCUT2D eigenvalue weighted by atomic mass is 16.5. The van der Waals surface area contributed by atoms with Crippen molar-refractivity contribution in [3.63, 3.8) is 0 Å². The molecule has 1 aliphatic rings. The lowest BCUT2D eigenvalue weighted by Crippen LogP contribution is -2.13. The Bertz CT molecular complexity index is 139. The first-order valence-corrected chi connectivity index (χ1v) is 5.94. The quantitative estimate of drug-likeness (QED) is 0.714. The Balaban J connectivity index is 2.00. The lowest BCUT2D eigenvalue weighted by atomic mass is 9.96. The van der Waals surface area contributed by atoms with Crippen LogP contribution in [0, 0.1) is 11.8 Å². The van der Waals surface area contributed by atoms with Crippen LogP contribution in [-0.4, -0.2) is 24.4 Å². The van der Waals surface area contributed by atoms with Crippen LogP contribution < -0.4 is 0 Å². The maximum absolute atomic E-state index is 9.77. The highest BCUT2D eigenvalue weighted by Crippen LogP contribution is 2.20. The van der Waals surface area contributed by atoms with Crippen molar-refractivity contribution < 1.29 is 9.84 Å².